The average molecular weight is 492 g/mol. The molecule has 1 fully saturated rings. The van der Waals surface area contributed by atoms with Gasteiger partial charge in [0.1, 0.15) is 18.5 Å². The summed E-state index contributed by atoms with van der Waals surface area (Å²) >= 11 is 6.01. The predicted octanol–water partition coefficient (Wildman–Crippen LogP) is 4.74. The number of carbonyl (C=O) groups excluding carboxylic acids is 1. The Hall–Kier alpha value is -2.58. The van der Waals surface area contributed by atoms with Crippen LogP contribution in [0.4, 0.5) is 5.69 Å². The lowest BCUT2D eigenvalue weighted by Gasteiger charge is -2.28. The Bertz CT molecular complexity index is 1030. The van der Waals surface area contributed by atoms with Crippen LogP contribution in [-0.2, 0) is 27.2 Å². The van der Waals surface area contributed by atoms with Gasteiger partial charge in [0.2, 0.25) is 5.91 Å². The molecule has 0 radical (unpaired) electrons. The minimum Gasteiger partial charge on any atom is -0.491 e. The number of amides is 1. The van der Waals surface area contributed by atoms with E-state index in [9.17, 15) is 4.79 Å². The zero-order valence-corrected chi connectivity index (χ0v) is 19.8. The van der Waals surface area contributed by atoms with Crippen LogP contribution < -0.4 is 10.1 Å². The molecule has 1 N–H and O–H groups in total. The number of rotatable bonds is 9. The molecule has 0 spiro atoms. The highest BCUT2D eigenvalue weighted by Crippen LogP contribution is 2.31. The third-order valence-electron chi connectivity index (χ3n) is 5.19. The fourth-order valence-electron chi connectivity index (χ4n) is 3.69. The molecule has 1 aliphatic rings. The zero-order valence-electron chi connectivity index (χ0n) is 18.3. The van der Waals surface area contributed by atoms with E-state index in [1.54, 1.807) is 18.6 Å². The first-order valence-electron chi connectivity index (χ1n) is 10.5. The summed E-state index contributed by atoms with van der Waals surface area (Å²) in [5.74, 6) is -0.236. The Morgan fingerprint density at radius 1 is 1.30 bits per heavy atom. The fourth-order valence-corrected chi connectivity index (χ4v) is 3.82. The molecule has 176 valence electrons. The molecule has 4 rings (SSSR count). The normalized spacial score (nSPS) is 19.6. The third kappa shape index (κ3) is 7.20. The highest BCUT2D eigenvalue weighted by atomic mass is 35.5. The van der Waals surface area contributed by atoms with Crippen molar-refractivity contribution in [1.29, 1.82) is 0 Å². The average Bonchev–Trinajstić information content (AvgIpc) is 3.42. The first-order chi connectivity index (χ1) is 15.5. The number of nitrogens with zero attached hydrogens (tertiary/aromatic N) is 2. The molecular formula is C24H27Cl2N3O4. The molecule has 2 heterocycles. The van der Waals surface area contributed by atoms with E-state index in [1.165, 1.54) is 12.5 Å². The maximum atomic E-state index is 11.3. The Morgan fingerprint density at radius 3 is 2.85 bits per heavy atom. The lowest BCUT2D eigenvalue weighted by molar-refractivity contribution is -0.184. The largest absolute Gasteiger partial charge is 0.491 e. The topological polar surface area (TPSA) is 74.6 Å². The number of benzene rings is 2. The van der Waals surface area contributed by atoms with Gasteiger partial charge in [0.25, 0.3) is 0 Å². The molecule has 33 heavy (non-hydrogen) atoms. The van der Waals surface area contributed by atoms with Crippen molar-refractivity contribution >= 4 is 35.6 Å². The zero-order chi connectivity index (χ0) is 22.4. The van der Waals surface area contributed by atoms with E-state index >= 15 is 0 Å². The molecule has 2 atom stereocenters. The number of imidazole rings is 1. The number of halogens is 2. The second-order valence-corrected chi connectivity index (χ2v) is 8.28. The van der Waals surface area contributed by atoms with Gasteiger partial charge in [-0.05, 0) is 36.2 Å². The molecular weight excluding hydrogens is 465 g/mol. The molecule has 0 unspecified atom stereocenters. The molecule has 1 saturated heterocycles. The van der Waals surface area contributed by atoms with Gasteiger partial charge in [0.15, 0.2) is 5.79 Å². The standard InChI is InChI=1S/C24H26ClN3O4.ClH/c1-18(29)27-21-3-2-4-22(13-21)30-14-23-15-31-24(32-23,16-28-12-11-26-17-28)10-9-19-5-7-20(25)8-6-19;/h2-8,11-13,17,23H,9-10,14-16H2,1H3,(H,27,29);1H/t23-,24+;/m1./s1. The van der Waals surface area contributed by atoms with Gasteiger partial charge in [0.05, 0.1) is 19.5 Å². The van der Waals surface area contributed by atoms with E-state index in [0.717, 1.165) is 11.4 Å². The number of hydrogen-bond acceptors (Lipinski definition) is 5. The van der Waals surface area contributed by atoms with Crippen molar-refractivity contribution in [2.24, 2.45) is 0 Å². The van der Waals surface area contributed by atoms with Crippen molar-refractivity contribution in [2.75, 3.05) is 18.5 Å². The molecule has 1 amide bonds. The van der Waals surface area contributed by atoms with Crippen molar-refractivity contribution in [2.45, 2.75) is 38.2 Å². The maximum absolute atomic E-state index is 11.3. The summed E-state index contributed by atoms with van der Waals surface area (Å²) in [5, 5.41) is 3.47. The van der Waals surface area contributed by atoms with Crippen LogP contribution in [0.3, 0.4) is 0 Å². The smallest absolute Gasteiger partial charge is 0.221 e. The summed E-state index contributed by atoms with van der Waals surface area (Å²) in [6.07, 6.45) is 6.65. The molecule has 2 aromatic carbocycles. The van der Waals surface area contributed by atoms with Gasteiger partial charge in [-0.25, -0.2) is 4.98 Å². The first-order valence-corrected chi connectivity index (χ1v) is 10.9. The van der Waals surface area contributed by atoms with Gasteiger partial charge in [-0.2, -0.15) is 0 Å². The first kappa shape index (κ1) is 25.1. The van der Waals surface area contributed by atoms with Crippen molar-refractivity contribution in [3.8, 4) is 5.75 Å². The summed E-state index contributed by atoms with van der Waals surface area (Å²) in [6, 6.07) is 15.1. The molecule has 0 aliphatic carbocycles. The summed E-state index contributed by atoms with van der Waals surface area (Å²) in [6.45, 7) is 2.78. The number of hydrogen-bond donors (Lipinski definition) is 1. The predicted molar refractivity (Wildman–Crippen MR) is 129 cm³/mol. The summed E-state index contributed by atoms with van der Waals surface area (Å²) in [4.78, 5) is 15.4. The lowest BCUT2D eigenvalue weighted by atomic mass is 10.0. The van der Waals surface area contributed by atoms with Gasteiger partial charge in [-0.15, -0.1) is 12.4 Å². The highest BCUT2D eigenvalue weighted by Gasteiger charge is 2.42. The van der Waals surface area contributed by atoms with Crippen LogP contribution >= 0.6 is 24.0 Å². The van der Waals surface area contributed by atoms with Crippen molar-refractivity contribution in [1.82, 2.24) is 9.55 Å². The van der Waals surface area contributed by atoms with Gasteiger partial charge in [0, 0.05) is 42.5 Å². The Labute approximate surface area is 204 Å². The molecule has 0 bridgehead atoms. The number of anilines is 1. The molecule has 3 aromatic rings. The summed E-state index contributed by atoms with van der Waals surface area (Å²) in [7, 11) is 0. The van der Waals surface area contributed by atoms with E-state index in [4.69, 9.17) is 25.8 Å². The second kappa shape index (κ2) is 11.5. The van der Waals surface area contributed by atoms with E-state index in [1.807, 2.05) is 53.2 Å². The van der Waals surface area contributed by atoms with Crippen LogP contribution in [0, 0.1) is 0 Å². The van der Waals surface area contributed by atoms with Gasteiger partial charge in [-0.1, -0.05) is 29.8 Å². The van der Waals surface area contributed by atoms with Crippen molar-refractivity contribution in [3.63, 3.8) is 0 Å². The van der Waals surface area contributed by atoms with E-state index in [0.29, 0.717) is 37.6 Å². The highest BCUT2D eigenvalue weighted by molar-refractivity contribution is 6.30. The van der Waals surface area contributed by atoms with Crippen molar-refractivity contribution < 1.29 is 19.0 Å². The van der Waals surface area contributed by atoms with E-state index < -0.39 is 5.79 Å². The Balaban J connectivity index is 0.00000306. The number of aromatic nitrogens is 2. The monoisotopic (exact) mass is 491 g/mol. The number of nitrogens with one attached hydrogen (secondary N) is 1. The molecule has 0 saturated carbocycles. The molecule has 9 heteroatoms. The minimum atomic E-state index is -0.771. The second-order valence-electron chi connectivity index (χ2n) is 7.84. The van der Waals surface area contributed by atoms with Crippen LogP contribution in [-0.4, -0.2) is 40.6 Å². The van der Waals surface area contributed by atoms with E-state index in [2.05, 4.69) is 10.3 Å². The SMILES string of the molecule is CC(=O)Nc1cccc(OC[C@@H]2CO[C@](CCc3ccc(Cl)cc3)(Cn3ccnc3)O2)c1.Cl. The lowest BCUT2D eigenvalue weighted by Crippen LogP contribution is -2.37. The Kier molecular flexibility index (Phi) is 8.74. The maximum Gasteiger partial charge on any atom is 0.221 e. The molecule has 1 aliphatic heterocycles. The number of aryl methyl sites for hydroxylation is 1. The third-order valence-corrected chi connectivity index (χ3v) is 5.45. The fraction of sp³-hybridized carbons (Fsp3) is 0.333. The van der Waals surface area contributed by atoms with Crippen molar-refractivity contribution in [3.05, 3.63) is 77.8 Å². The van der Waals surface area contributed by atoms with Gasteiger partial charge >= 0.3 is 0 Å². The van der Waals surface area contributed by atoms with Crippen LogP contribution in [0.1, 0.15) is 18.9 Å². The molecule has 7 nitrogen and oxygen atoms in total. The van der Waals surface area contributed by atoms with Crippen LogP contribution in [0.25, 0.3) is 0 Å². The Morgan fingerprint density at radius 2 is 2.12 bits per heavy atom. The van der Waals surface area contributed by atoms with Crippen LogP contribution in [0.5, 0.6) is 5.75 Å². The minimum absolute atomic E-state index is 0. The number of ether oxygens (including phenoxy) is 3. The van der Waals surface area contributed by atoms with E-state index in [-0.39, 0.29) is 24.4 Å². The van der Waals surface area contributed by atoms with Gasteiger partial charge in [-0.3, -0.25) is 4.79 Å². The van der Waals surface area contributed by atoms with Crippen LogP contribution in [0.2, 0.25) is 5.02 Å². The quantitative estimate of drug-likeness (QED) is 0.467. The summed E-state index contributed by atoms with van der Waals surface area (Å²) in [5.41, 5.74) is 1.86. The summed E-state index contributed by atoms with van der Waals surface area (Å²) < 4.78 is 20.5. The van der Waals surface area contributed by atoms with Crippen LogP contribution in [0.15, 0.2) is 67.3 Å². The molecule has 1 aromatic heterocycles. The van der Waals surface area contributed by atoms with Gasteiger partial charge < -0.3 is 24.1 Å². The number of carbonyl (C=O) groups is 1.